The number of carboxylic acid groups (broad SMARTS) is 1. The molecule has 0 heterocycles. The highest BCUT2D eigenvalue weighted by Crippen LogP contribution is 2.19. The summed E-state index contributed by atoms with van der Waals surface area (Å²) < 4.78 is 26.3. The highest BCUT2D eigenvalue weighted by Gasteiger charge is 2.14. The molecule has 3 N–H and O–H groups in total. The van der Waals surface area contributed by atoms with Gasteiger partial charge >= 0.3 is 5.97 Å². The van der Waals surface area contributed by atoms with Crippen LogP contribution in [0.3, 0.4) is 0 Å². The fourth-order valence-corrected chi connectivity index (χ4v) is 1.52. The Bertz CT molecular complexity index is 412. The predicted molar refractivity (Wildman–Crippen MR) is 59.9 cm³/mol. The fraction of sp³-hybridized carbons (Fsp3) is 0.364. The van der Waals surface area contributed by atoms with Crippen molar-refractivity contribution < 1.29 is 18.7 Å². The Morgan fingerprint density at radius 1 is 1.53 bits per heavy atom. The fourth-order valence-electron chi connectivity index (χ4n) is 1.52. The normalized spacial score (nSPS) is 12.2. The molecule has 0 spiro atoms. The van der Waals surface area contributed by atoms with E-state index in [9.17, 15) is 13.6 Å². The molecule has 1 rings (SSSR count). The van der Waals surface area contributed by atoms with Gasteiger partial charge in [-0.05, 0) is 12.1 Å². The Balaban J connectivity index is 2.72. The van der Waals surface area contributed by atoms with Gasteiger partial charge in [0.2, 0.25) is 0 Å². The van der Waals surface area contributed by atoms with E-state index >= 15 is 0 Å². The molecule has 17 heavy (non-hydrogen) atoms. The number of aliphatic carboxylic acids is 1. The van der Waals surface area contributed by atoms with Gasteiger partial charge in [-0.1, -0.05) is 0 Å². The molecule has 4 nitrogen and oxygen atoms in total. The molecule has 0 fully saturated rings. The van der Waals surface area contributed by atoms with E-state index in [1.54, 1.807) is 0 Å². The summed E-state index contributed by atoms with van der Waals surface area (Å²) in [5.41, 5.74) is 5.62. The van der Waals surface area contributed by atoms with Gasteiger partial charge in [-0.2, -0.15) is 0 Å². The number of anilines is 1. The molecule has 94 valence electrons. The molecule has 0 aliphatic rings. The standard InChI is InChI=1S/C11H14F2N2O2/c1-15(6-8(14)5-11(16)17)10-4-7(12)2-3-9(10)13/h2-4,8H,5-6,14H2,1H3,(H,16,17). The number of nitrogens with two attached hydrogens (primary N) is 1. The van der Waals surface area contributed by atoms with Gasteiger partial charge in [-0.25, -0.2) is 8.78 Å². The van der Waals surface area contributed by atoms with Gasteiger partial charge in [0.25, 0.3) is 0 Å². The third kappa shape index (κ3) is 3.99. The molecule has 0 saturated heterocycles. The van der Waals surface area contributed by atoms with Crippen LogP contribution in [0.15, 0.2) is 18.2 Å². The Morgan fingerprint density at radius 3 is 2.76 bits per heavy atom. The van der Waals surface area contributed by atoms with Crippen LogP contribution in [0.4, 0.5) is 14.5 Å². The van der Waals surface area contributed by atoms with Crippen LogP contribution in [0.2, 0.25) is 0 Å². The lowest BCUT2D eigenvalue weighted by Gasteiger charge is -2.23. The van der Waals surface area contributed by atoms with Crippen LogP contribution in [-0.2, 0) is 4.79 Å². The molecule has 1 aromatic carbocycles. The van der Waals surface area contributed by atoms with E-state index in [1.165, 1.54) is 11.9 Å². The lowest BCUT2D eigenvalue weighted by atomic mass is 10.2. The van der Waals surface area contributed by atoms with E-state index < -0.39 is 23.6 Å². The van der Waals surface area contributed by atoms with Crippen molar-refractivity contribution in [2.24, 2.45) is 5.73 Å². The number of likely N-dealkylation sites (N-methyl/N-ethyl adjacent to an activating group) is 1. The van der Waals surface area contributed by atoms with Crippen molar-refractivity contribution >= 4 is 11.7 Å². The summed E-state index contributed by atoms with van der Waals surface area (Å²) in [4.78, 5) is 11.8. The second kappa shape index (κ2) is 5.58. The first kappa shape index (κ1) is 13.4. The summed E-state index contributed by atoms with van der Waals surface area (Å²) in [6.07, 6.45) is -0.221. The summed E-state index contributed by atoms with van der Waals surface area (Å²) in [6.45, 7) is 0.132. The van der Waals surface area contributed by atoms with Gasteiger partial charge < -0.3 is 15.7 Å². The summed E-state index contributed by atoms with van der Waals surface area (Å²) in [5.74, 6) is -2.15. The van der Waals surface area contributed by atoms with Crippen molar-refractivity contribution in [2.75, 3.05) is 18.5 Å². The largest absolute Gasteiger partial charge is 0.481 e. The van der Waals surface area contributed by atoms with E-state index in [2.05, 4.69) is 0 Å². The smallest absolute Gasteiger partial charge is 0.304 e. The number of benzene rings is 1. The molecule has 1 unspecified atom stereocenters. The average Bonchev–Trinajstić information content (AvgIpc) is 2.20. The van der Waals surface area contributed by atoms with Crippen LogP contribution in [0.5, 0.6) is 0 Å². The van der Waals surface area contributed by atoms with E-state index in [1.807, 2.05) is 0 Å². The third-order valence-electron chi connectivity index (χ3n) is 2.26. The van der Waals surface area contributed by atoms with Crippen LogP contribution in [0.25, 0.3) is 0 Å². The van der Waals surface area contributed by atoms with Gasteiger partial charge in [0.15, 0.2) is 0 Å². The monoisotopic (exact) mass is 244 g/mol. The van der Waals surface area contributed by atoms with Crippen molar-refractivity contribution in [2.45, 2.75) is 12.5 Å². The maximum Gasteiger partial charge on any atom is 0.304 e. The summed E-state index contributed by atoms with van der Waals surface area (Å²) in [7, 11) is 1.53. The molecule has 0 radical (unpaired) electrons. The van der Waals surface area contributed by atoms with Crippen molar-refractivity contribution in [3.63, 3.8) is 0 Å². The highest BCUT2D eigenvalue weighted by atomic mass is 19.1. The summed E-state index contributed by atoms with van der Waals surface area (Å²) in [5, 5.41) is 8.53. The van der Waals surface area contributed by atoms with Crippen molar-refractivity contribution in [3.8, 4) is 0 Å². The first-order valence-electron chi connectivity index (χ1n) is 5.03. The summed E-state index contributed by atoms with van der Waals surface area (Å²) in [6, 6.07) is 2.44. The summed E-state index contributed by atoms with van der Waals surface area (Å²) >= 11 is 0. The molecule has 0 saturated carbocycles. The number of halogens is 2. The third-order valence-corrected chi connectivity index (χ3v) is 2.26. The molecule has 0 aliphatic carbocycles. The Kier molecular flexibility index (Phi) is 4.39. The number of hydrogen-bond donors (Lipinski definition) is 2. The number of rotatable bonds is 5. The molecule has 1 aromatic rings. The SMILES string of the molecule is CN(CC(N)CC(=O)O)c1cc(F)ccc1F. The number of nitrogens with zero attached hydrogens (tertiary/aromatic N) is 1. The molecule has 1 atom stereocenters. The minimum absolute atomic E-state index is 0.0610. The van der Waals surface area contributed by atoms with E-state index in [4.69, 9.17) is 10.8 Å². The Hall–Kier alpha value is -1.69. The molecule has 0 amide bonds. The zero-order chi connectivity index (χ0) is 13.0. The van der Waals surface area contributed by atoms with Gasteiger partial charge in [0.1, 0.15) is 11.6 Å². The second-order valence-corrected chi connectivity index (χ2v) is 3.83. The molecular weight excluding hydrogens is 230 g/mol. The predicted octanol–water partition coefficient (Wildman–Crippen LogP) is 1.20. The van der Waals surface area contributed by atoms with Crippen LogP contribution < -0.4 is 10.6 Å². The first-order valence-corrected chi connectivity index (χ1v) is 5.03. The second-order valence-electron chi connectivity index (χ2n) is 3.83. The lowest BCUT2D eigenvalue weighted by molar-refractivity contribution is -0.137. The maximum atomic E-state index is 13.4. The quantitative estimate of drug-likeness (QED) is 0.816. The zero-order valence-electron chi connectivity index (χ0n) is 9.36. The molecule has 0 aliphatic heterocycles. The van der Waals surface area contributed by atoms with E-state index in [0.717, 1.165) is 18.2 Å². The van der Waals surface area contributed by atoms with Crippen LogP contribution in [-0.4, -0.2) is 30.7 Å². The molecule has 0 aromatic heterocycles. The zero-order valence-corrected chi connectivity index (χ0v) is 9.36. The number of carboxylic acids is 1. The van der Waals surface area contributed by atoms with Gasteiger partial charge in [-0.15, -0.1) is 0 Å². The number of carbonyl (C=O) groups is 1. The average molecular weight is 244 g/mol. The minimum atomic E-state index is -1.02. The first-order chi connectivity index (χ1) is 7.90. The van der Waals surface area contributed by atoms with Crippen LogP contribution in [0, 0.1) is 11.6 Å². The van der Waals surface area contributed by atoms with Crippen molar-refractivity contribution in [3.05, 3.63) is 29.8 Å². The number of hydrogen-bond acceptors (Lipinski definition) is 3. The van der Waals surface area contributed by atoms with Crippen molar-refractivity contribution in [1.82, 2.24) is 0 Å². The Labute approximate surface area is 97.6 Å². The molecular formula is C11H14F2N2O2. The van der Waals surface area contributed by atoms with Crippen LogP contribution in [0.1, 0.15) is 6.42 Å². The van der Waals surface area contributed by atoms with Gasteiger partial charge in [0.05, 0.1) is 12.1 Å². The lowest BCUT2D eigenvalue weighted by Crippen LogP contribution is -2.37. The Morgan fingerprint density at radius 2 is 2.18 bits per heavy atom. The molecule has 0 bridgehead atoms. The van der Waals surface area contributed by atoms with E-state index in [-0.39, 0.29) is 18.7 Å². The van der Waals surface area contributed by atoms with E-state index in [0.29, 0.717) is 0 Å². The molecule has 6 heteroatoms. The maximum absolute atomic E-state index is 13.4. The minimum Gasteiger partial charge on any atom is -0.481 e. The highest BCUT2D eigenvalue weighted by molar-refractivity contribution is 5.67. The van der Waals surface area contributed by atoms with Gasteiger partial charge in [0, 0.05) is 25.7 Å². The van der Waals surface area contributed by atoms with Gasteiger partial charge in [-0.3, -0.25) is 4.79 Å². The topological polar surface area (TPSA) is 66.6 Å². The van der Waals surface area contributed by atoms with Crippen LogP contribution >= 0.6 is 0 Å². The van der Waals surface area contributed by atoms with Crippen molar-refractivity contribution in [1.29, 1.82) is 0 Å².